The monoisotopic (exact) mass is 404 g/mol. The van der Waals surface area contributed by atoms with Crippen molar-refractivity contribution in [2.24, 2.45) is 5.73 Å². The Morgan fingerprint density at radius 1 is 1.29 bits per heavy atom. The van der Waals surface area contributed by atoms with Crippen molar-refractivity contribution < 1.29 is 14.3 Å². The number of primary amides is 1. The zero-order valence-corrected chi connectivity index (χ0v) is 15.7. The molecular weight excluding hydrogens is 392 g/mol. The third kappa shape index (κ3) is 5.86. The number of methoxy groups -OCH3 is 1. The fourth-order valence-electron chi connectivity index (χ4n) is 1.54. The largest absolute Gasteiger partial charge is 0.495 e. The molecule has 2 rings (SSSR count). The average Bonchev–Trinajstić information content (AvgIpc) is 2.99. The number of hydrogen-bond donors (Lipinski definition) is 2. The van der Waals surface area contributed by atoms with Crippen LogP contribution in [0.1, 0.15) is 0 Å². The highest BCUT2D eigenvalue weighted by molar-refractivity contribution is 8.03. The third-order valence-electron chi connectivity index (χ3n) is 2.49. The number of nitrogens with zero attached hydrogens (tertiary/aromatic N) is 2. The Labute approximate surface area is 155 Å². The van der Waals surface area contributed by atoms with Crippen molar-refractivity contribution in [2.75, 3.05) is 23.9 Å². The maximum Gasteiger partial charge on any atom is 0.234 e. The zero-order chi connectivity index (χ0) is 17.5. The van der Waals surface area contributed by atoms with Crippen molar-refractivity contribution in [3.8, 4) is 5.75 Å². The van der Waals surface area contributed by atoms with Crippen molar-refractivity contribution in [3.63, 3.8) is 0 Å². The zero-order valence-electron chi connectivity index (χ0n) is 12.4. The Kier molecular flexibility index (Phi) is 7.16. The van der Waals surface area contributed by atoms with E-state index >= 15 is 0 Å². The summed E-state index contributed by atoms with van der Waals surface area (Å²) < 4.78 is 6.44. The minimum absolute atomic E-state index is 0.147. The first kappa shape index (κ1) is 18.8. The molecule has 2 aromatic rings. The van der Waals surface area contributed by atoms with Crippen LogP contribution in [0.3, 0.4) is 0 Å². The summed E-state index contributed by atoms with van der Waals surface area (Å²) >= 11 is 9.69. The molecule has 128 valence electrons. The molecule has 0 radical (unpaired) electrons. The molecule has 0 saturated carbocycles. The number of anilines is 1. The van der Waals surface area contributed by atoms with Gasteiger partial charge in [-0.1, -0.05) is 46.5 Å². The molecule has 0 fully saturated rings. The fraction of sp³-hybridized carbons (Fsp3) is 0.231. The number of rotatable bonds is 8. The molecule has 0 bridgehead atoms. The van der Waals surface area contributed by atoms with E-state index in [1.54, 1.807) is 18.2 Å². The van der Waals surface area contributed by atoms with Crippen LogP contribution in [0.4, 0.5) is 5.69 Å². The summed E-state index contributed by atoms with van der Waals surface area (Å²) in [6.07, 6.45) is 0. The quantitative estimate of drug-likeness (QED) is 0.651. The highest BCUT2D eigenvalue weighted by Gasteiger charge is 2.12. The van der Waals surface area contributed by atoms with Crippen LogP contribution in [0.5, 0.6) is 5.75 Å². The molecule has 0 spiro atoms. The minimum atomic E-state index is -0.417. The number of carbonyl (C=O) groups is 2. The summed E-state index contributed by atoms with van der Waals surface area (Å²) in [7, 11) is 1.51. The SMILES string of the molecule is COc1ccc(Cl)cc1NC(=O)CSc1nnc(SCC(N)=O)s1. The number of carbonyl (C=O) groups excluding carboxylic acids is 2. The minimum Gasteiger partial charge on any atom is -0.495 e. The predicted molar refractivity (Wildman–Crippen MR) is 97.2 cm³/mol. The van der Waals surface area contributed by atoms with E-state index in [-0.39, 0.29) is 17.4 Å². The summed E-state index contributed by atoms with van der Waals surface area (Å²) in [4.78, 5) is 22.8. The lowest BCUT2D eigenvalue weighted by molar-refractivity contribution is -0.115. The number of nitrogens with two attached hydrogens (primary N) is 1. The van der Waals surface area contributed by atoms with Gasteiger partial charge in [0.05, 0.1) is 24.3 Å². The maximum absolute atomic E-state index is 12.0. The first-order chi connectivity index (χ1) is 11.5. The number of nitrogens with one attached hydrogen (secondary N) is 1. The van der Waals surface area contributed by atoms with Crippen LogP contribution < -0.4 is 15.8 Å². The molecule has 0 aliphatic heterocycles. The van der Waals surface area contributed by atoms with E-state index in [9.17, 15) is 9.59 Å². The van der Waals surface area contributed by atoms with Gasteiger partial charge in [0.2, 0.25) is 11.8 Å². The van der Waals surface area contributed by atoms with Crippen LogP contribution in [-0.4, -0.2) is 40.6 Å². The molecule has 24 heavy (non-hydrogen) atoms. The normalized spacial score (nSPS) is 10.4. The van der Waals surface area contributed by atoms with Gasteiger partial charge in [-0.3, -0.25) is 9.59 Å². The second kappa shape index (κ2) is 9.11. The van der Waals surface area contributed by atoms with Gasteiger partial charge in [-0.25, -0.2) is 0 Å². The van der Waals surface area contributed by atoms with Gasteiger partial charge in [0.25, 0.3) is 0 Å². The van der Waals surface area contributed by atoms with Gasteiger partial charge in [-0.2, -0.15) is 0 Å². The van der Waals surface area contributed by atoms with Gasteiger partial charge < -0.3 is 15.8 Å². The first-order valence-electron chi connectivity index (χ1n) is 6.48. The Morgan fingerprint density at radius 2 is 1.96 bits per heavy atom. The van der Waals surface area contributed by atoms with E-state index in [1.165, 1.54) is 42.0 Å². The lowest BCUT2D eigenvalue weighted by atomic mass is 10.3. The lowest BCUT2D eigenvalue weighted by Crippen LogP contribution is -2.14. The maximum atomic E-state index is 12.0. The van der Waals surface area contributed by atoms with Crippen LogP contribution in [0, 0.1) is 0 Å². The molecule has 3 N–H and O–H groups in total. The van der Waals surface area contributed by atoms with E-state index in [0.29, 0.717) is 25.1 Å². The number of aromatic nitrogens is 2. The van der Waals surface area contributed by atoms with Gasteiger partial charge in [-0.15, -0.1) is 10.2 Å². The van der Waals surface area contributed by atoms with Crippen molar-refractivity contribution in [1.29, 1.82) is 0 Å². The van der Waals surface area contributed by atoms with Gasteiger partial charge in [-0.05, 0) is 18.2 Å². The van der Waals surface area contributed by atoms with Crippen molar-refractivity contribution in [2.45, 2.75) is 8.68 Å². The Morgan fingerprint density at radius 3 is 2.58 bits per heavy atom. The molecule has 0 aliphatic carbocycles. The van der Waals surface area contributed by atoms with Crippen molar-refractivity contribution in [1.82, 2.24) is 10.2 Å². The number of amides is 2. The second-order valence-corrected chi connectivity index (χ2v) is 8.13. The molecule has 0 saturated heterocycles. The highest BCUT2D eigenvalue weighted by atomic mass is 35.5. The highest BCUT2D eigenvalue weighted by Crippen LogP contribution is 2.30. The van der Waals surface area contributed by atoms with Crippen molar-refractivity contribution >= 4 is 64.0 Å². The van der Waals surface area contributed by atoms with Crippen molar-refractivity contribution in [3.05, 3.63) is 23.2 Å². The van der Waals surface area contributed by atoms with Gasteiger partial charge in [0.1, 0.15) is 5.75 Å². The molecule has 11 heteroatoms. The van der Waals surface area contributed by atoms with Crippen LogP contribution in [-0.2, 0) is 9.59 Å². The number of benzene rings is 1. The summed E-state index contributed by atoms with van der Waals surface area (Å²) in [6, 6.07) is 4.97. The predicted octanol–water partition coefficient (Wildman–Crippen LogP) is 2.51. The lowest BCUT2D eigenvalue weighted by Gasteiger charge is -2.09. The first-order valence-corrected chi connectivity index (χ1v) is 9.65. The molecule has 2 amide bonds. The Balaban J connectivity index is 1.87. The molecular formula is C13H13ClN4O3S3. The molecule has 1 aromatic carbocycles. The van der Waals surface area contributed by atoms with E-state index in [1.807, 2.05) is 0 Å². The van der Waals surface area contributed by atoms with Crippen LogP contribution in [0.2, 0.25) is 5.02 Å². The third-order valence-corrected chi connectivity index (χ3v) is 5.94. The molecule has 1 heterocycles. The molecule has 1 aromatic heterocycles. The van der Waals surface area contributed by atoms with Gasteiger partial charge >= 0.3 is 0 Å². The number of halogens is 1. The van der Waals surface area contributed by atoms with Gasteiger partial charge in [0, 0.05) is 5.02 Å². The summed E-state index contributed by atoms with van der Waals surface area (Å²) in [5.74, 6) is 0.194. The number of ether oxygens (including phenoxy) is 1. The topological polar surface area (TPSA) is 107 Å². The molecule has 0 atom stereocenters. The van der Waals surface area contributed by atoms with Crippen LogP contribution >= 0.6 is 46.5 Å². The fourth-order valence-corrected chi connectivity index (χ4v) is 4.27. The van der Waals surface area contributed by atoms with Gasteiger partial charge in [0.15, 0.2) is 8.68 Å². The van der Waals surface area contributed by atoms with E-state index in [2.05, 4.69) is 15.5 Å². The van der Waals surface area contributed by atoms with Crippen LogP contribution in [0.25, 0.3) is 0 Å². The Hall–Kier alpha value is -1.49. The van der Waals surface area contributed by atoms with E-state index in [4.69, 9.17) is 22.1 Å². The summed E-state index contributed by atoms with van der Waals surface area (Å²) in [5, 5.41) is 11.1. The summed E-state index contributed by atoms with van der Waals surface area (Å²) in [6.45, 7) is 0. The standard InChI is InChI=1S/C13H13ClN4O3S3/c1-21-9-3-2-7(14)4-8(9)16-11(20)6-23-13-18-17-12(24-13)22-5-10(15)19/h2-4H,5-6H2,1H3,(H2,15,19)(H,16,20). The van der Waals surface area contributed by atoms with Crippen LogP contribution in [0.15, 0.2) is 26.9 Å². The smallest absolute Gasteiger partial charge is 0.234 e. The average molecular weight is 405 g/mol. The molecule has 0 unspecified atom stereocenters. The molecule has 7 nitrogen and oxygen atoms in total. The van der Waals surface area contributed by atoms with E-state index < -0.39 is 5.91 Å². The Bertz CT molecular complexity index is 741. The second-order valence-electron chi connectivity index (χ2n) is 4.27. The number of thioether (sulfide) groups is 2. The molecule has 0 aliphatic rings. The number of hydrogen-bond acceptors (Lipinski definition) is 8. The van der Waals surface area contributed by atoms with E-state index in [0.717, 1.165) is 0 Å². The summed E-state index contributed by atoms with van der Waals surface area (Å²) in [5.41, 5.74) is 5.58.